The van der Waals surface area contributed by atoms with Crippen molar-refractivity contribution in [1.82, 2.24) is 30.5 Å². The van der Waals surface area contributed by atoms with Crippen LogP contribution in [-0.4, -0.2) is 31.7 Å². The van der Waals surface area contributed by atoms with Gasteiger partial charge in [0.1, 0.15) is 0 Å². The molecule has 2 heterocycles. The Bertz CT molecular complexity index is 649. The molecule has 0 aliphatic carbocycles. The molecule has 108 valence electrons. The van der Waals surface area contributed by atoms with Crippen molar-refractivity contribution in [2.45, 2.75) is 19.5 Å². The van der Waals surface area contributed by atoms with E-state index in [9.17, 15) is 0 Å². The largest absolute Gasteiger partial charge is 0.338 e. The third-order valence-electron chi connectivity index (χ3n) is 2.98. The first-order valence-electron chi connectivity index (χ1n) is 6.80. The minimum atomic E-state index is 0.552. The molecule has 2 aromatic heterocycles. The van der Waals surface area contributed by atoms with Gasteiger partial charge in [0.05, 0.1) is 19.3 Å². The van der Waals surface area contributed by atoms with Crippen LogP contribution in [0.5, 0.6) is 0 Å². The molecule has 0 saturated carbocycles. The van der Waals surface area contributed by atoms with Crippen molar-refractivity contribution in [2.75, 3.05) is 6.54 Å². The molecule has 0 saturated heterocycles. The highest BCUT2D eigenvalue weighted by Crippen LogP contribution is 2.06. The monoisotopic (exact) mass is 284 g/mol. The number of rotatable bonds is 7. The van der Waals surface area contributed by atoms with Crippen LogP contribution in [0, 0.1) is 0 Å². The molecule has 0 bridgehead atoms. The van der Waals surface area contributed by atoms with Gasteiger partial charge in [-0.3, -0.25) is 4.68 Å². The molecular weight excluding hydrogens is 268 g/mol. The lowest BCUT2D eigenvalue weighted by Crippen LogP contribution is -2.20. The normalized spacial score (nSPS) is 10.9. The first kappa shape index (κ1) is 13.4. The SMILES string of the molecule is c1ccc(Cc2noc(CNCCn3ccnn3)n2)cc1. The van der Waals surface area contributed by atoms with Crippen LogP contribution in [0.1, 0.15) is 17.3 Å². The lowest BCUT2D eigenvalue weighted by atomic mass is 10.1. The van der Waals surface area contributed by atoms with Crippen LogP contribution in [0.25, 0.3) is 0 Å². The number of benzene rings is 1. The van der Waals surface area contributed by atoms with Crippen molar-refractivity contribution in [2.24, 2.45) is 0 Å². The second-order valence-corrected chi connectivity index (χ2v) is 4.61. The van der Waals surface area contributed by atoms with Crippen LogP contribution < -0.4 is 5.32 Å². The van der Waals surface area contributed by atoms with Gasteiger partial charge in [-0.2, -0.15) is 4.98 Å². The molecule has 0 amide bonds. The van der Waals surface area contributed by atoms with Crippen molar-refractivity contribution in [3.05, 3.63) is 60.0 Å². The highest BCUT2D eigenvalue weighted by Gasteiger charge is 2.06. The van der Waals surface area contributed by atoms with E-state index in [1.54, 1.807) is 10.9 Å². The van der Waals surface area contributed by atoms with Crippen molar-refractivity contribution >= 4 is 0 Å². The fraction of sp³-hybridized carbons (Fsp3) is 0.286. The van der Waals surface area contributed by atoms with Crippen LogP contribution in [0.15, 0.2) is 47.2 Å². The maximum atomic E-state index is 5.22. The van der Waals surface area contributed by atoms with Crippen molar-refractivity contribution in [1.29, 1.82) is 0 Å². The predicted molar refractivity (Wildman–Crippen MR) is 75.3 cm³/mol. The number of nitrogens with zero attached hydrogens (tertiary/aromatic N) is 5. The lowest BCUT2D eigenvalue weighted by Gasteiger charge is -2.00. The second-order valence-electron chi connectivity index (χ2n) is 4.61. The van der Waals surface area contributed by atoms with E-state index in [-0.39, 0.29) is 0 Å². The summed E-state index contributed by atoms with van der Waals surface area (Å²) in [4.78, 5) is 4.37. The highest BCUT2D eigenvalue weighted by atomic mass is 16.5. The summed E-state index contributed by atoms with van der Waals surface area (Å²) >= 11 is 0. The zero-order valence-electron chi connectivity index (χ0n) is 11.5. The molecule has 0 aliphatic rings. The van der Waals surface area contributed by atoms with Gasteiger partial charge in [0.15, 0.2) is 5.82 Å². The van der Waals surface area contributed by atoms with Gasteiger partial charge in [-0.05, 0) is 5.56 Å². The van der Waals surface area contributed by atoms with Crippen LogP contribution in [0.2, 0.25) is 0 Å². The fourth-order valence-corrected chi connectivity index (χ4v) is 1.95. The third-order valence-corrected chi connectivity index (χ3v) is 2.98. The van der Waals surface area contributed by atoms with Crippen LogP contribution in [-0.2, 0) is 19.5 Å². The molecular formula is C14H16N6O. The summed E-state index contributed by atoms with van der Waals surface area (Å²) < 4.78 is 6.98. The summed E-state index contributed by atoms with van der Waals surface area (Å²) in [6.45, 7) is 2.07. The molecule has 0 fully saturated rings. The number of hydrogen-bond acceptors (Lipinski definition) is 6. The van der Waals surface area contributed by atoms with Crippen molar-refractivity contribution in [3.8, 4) is 0 Å². The number of nitrogens with one attached hydrogen (secondary N) is 1. The quantitative estimate of drug-likeness (QED) is 0.653. The topological polar surface area (TPSA) is 81.7 Å². The van der Waals surface area contributed by atoms with Crippen molar-refractivity contribution in [3.63, 3.8) is 0 Å². The number of aromatic nitrogens is 5. The van der Waals surface area contributed by atoms with Gasteiger partial charge < -0.3 is 9.84 Å². The predicted octanol–water partition coefficient (Wildman–Crippen LogP) is 1.04. The van der Waals surface area contributed by atoms with Gasteiger partial charge in [-0.15, -0.1) is 5.10 Å². The van der Waals surface area contributed by atoms with Gasteiger partial charge in [-0.1, -0.05) is 40.7 Å². The molecule has 1 N–H and O–H groups in total. The van der Waals surface area contributed by atoms with Gasteiger partial charge in [-0.25, -0.2) is 0 Å². The Morgan fingerprint density at radius 1 is 1.19 bits per heavy atom. The zero-order valence-corrected chi connectivity index (χ0v) is 11.5. The Morgan fingerprint density at radius 3 is 2.90 bits per heavy atom. The molecule has 0 radical (unpaired) electrons. The Morgan fingerprint density at radius 2 is 2.10 bits per heavy atom. The number of hydrogen-bond donors (Lipinski definition) is 1. The van der Waals surface area contributed by atoms with E-state index in [1.165, 1.54) is 5.56 Å². The molecule has 7 heteroatoms. The minimum absolute atomic E-state index is 0.552. The molecule has 3 rings (SSSR count). The molecule has 21 heavy (non-hydrogen) atoms. The Hall–Kier alpha value is -2.54. The van der Waals surface area contributed by atoms with E-state index in [0.717, 1.165) is 13.1 Å². The van der Waals surface area contributed by atoms with E-state index in [2.05, 4.69) is 25.8 Å². The summed E-state index contributed by atoms with van der Waals surface area (Å²) in [6, 6.07) is 10.1. The first-order chi connectivity index (χ1) is 10.4. The average molecular weight is 284 g/mol. The summed E-state index contributed by atoms with van der Waals surface area (Å²) in [5, 5.41) is 14.9. The molecule has 7 nitrogen and oxygen atoms in total. The minimum Gasteiger partial charge on any atom is -0.338 e. The van der Waals surface area contributed by atoms with Gasteiger partial charge in [0, 0.05) is 19.2 Å². The van der Waals surface area contributed by atoms with Gasteiger partial charge >= 0.3 is 0 Å². The zero-order chi connectivity index (χ0) is 14.3. The van der Waals surface area contributed by atoms with Crippen LogP contribution >= 0.6 is 0 Å². The Labute approximate surface area is 122 Å². The Balaban J connectivity index is 1.44. The summed E-state index contributed by atoms with van der Waals surface area (Å²) in [5.41, 5.74) is 1.17. The van der Waals surface area contributed by atoms with E-state index in [0.29, 0.717) is 24.7 Å². The summed E-state index contributed by atoms with van der Waals surface area (Å²) in [5.74, 6) is 1.30. The maximum absolute atomic E-state index is 5.22. The molecule has 0 atom stereocenters. The maximum Gasteiger partial charge on any atom is 0.240 e. The molecule has 3 aromatic rings. The fourth-order valence-electron chi connectivity index (χ4n) is 1.95. The van der Waals surface area contributed by atoms with Crippen LogP contribution in [0.3, 0.4) is 0 Å². The van der Waals surface area contributed by atoms with Crippen LogP contribution in [0.4, 0.5) is 0 Å². The summed E-state index contributed by atoms with van der Waals surface area (Å²) in [6.07, 6.45) is 4.17. The van der Waals surface area contributed by atoms with Gasteiger partial charge in [0.25, 0.3) is 0 Å². The van der Waals surface area contributed by atoms with E-state index in [1.807, 2.05) is 36.5 Å². The molecule has 0 aliphatic heterocycles. The molecule has 0 spiro atoms. The highest BCUT2D eigenvalue weighted by molar-refractivity contribution is 5.18. The smallest absolute Gasteiger partial charge is 0.240 e. The van der Waals surface area contributed by atoms with Crippen molar-refractivity contribution < 1.29 is 4.52 Å². The van der Waals surface area contributed by atoms with E-state index < -0.39 is 0 Å². The lowest BCUT2D eigenvalue weighted by molar-refractivity contribution is 0.361. The average Bonchev–Trinajstić information content (AvgIpc) is 3.17. The third kappa shape index (κ3) is 3.96. The standard InChI is InChI=1S/C14H16N6O/c1-2-4-12(5-3-1)10-13-17-14(21-18-13)11-15-6-8-20-9-7-16-19-20/h1-5,7,9,15H,6,8,10-11H2. The Kier molecular flexibility index (Phi) is 4.33. The van der Waals surface area contributed by atoms with Gasteiger partial charge in [0.2, 0.25) is 5.89 Å². The summed E-state index contributed by atoms with van der Waals surface area (Å²) in [7, 11) is 0. The molecule has 1 aromatic carbocycles. The second kappa shape index (κ2) is 6.76. The molecule has 0 unspecified atom stereocenters. The first-order valence-corrected chi connectivity index (χ1v) is 6.80. The van der Waals surface area contributed by atoms with E-state index in [4.69, 9.17) is 4.52 Å². The van der Waals surface area contributed by atoms with E-state index >= 15 is 0 Å².